The van der Waals surface area contributed by atoms with E-state index in [0.717, 1.165) is 31.6 Å². The summed E-state index contributed by atoms with van der Waals surface area (Å²) in [6.07, 6.45) is 5.74. The van der Waals surface area contributed by atoms with Crippen molar-refractivity contribution in [3.05, 3.63) is 0 Å². The Kier molecular flexibility index (Phi) is 3.90. The van der Waals surface area contributed by atoms with Crippen LogP contribution < -0.4 is 5.73 Å². The van der Waals surface area contributed by atoms with Crippen molar-refractivity contribution in [2.45, 2.75) is 51.6 Å². The molecule has 15 heavy (non-hydrogen) atoms. The molecule has 0 aromatic rings. The zero-order chi connectivity index (χ0) is 11.5. The average Bonchev–Trinajstić information content (AvgIpc) is 2.29. The summed E-state index contributed by atoms with van der Waals surface area (Å²) >= 11 is 0. The third-order valence-electron chi connectivity index (χ3n) is 4.33. The van der Waals surface area contributed by atoms with Crippen LogP contribution in [0.15, 0.2) is 0 Å². The lowest BCUT2D eigenvalue weighted by atomic mass is 9.62. The van der Waals surface area contributed by atoms with Crippen LogP contribution in [0.25, 0.3) is 0 Å². The number of aliphatic hydroxyl groups is 1. The van der Waals surface area contributed by atoms with E-state index in [9.17, 15) is 9.90 Å². The Balaban J connectivity index is 2.76. The van der Waals surface area contributed by atoms with E-state index in [1.807, 2.05) is 0 Å². The second kappa shape index (κ2) is 4.62. The van der Waals surface area contributed by atoms with Crippen molar-refractivity contribution in [3.63, 3.8) is 0 Å². The van der Waals surface area contributed by atoms with Crippen molar-refractivity contribution in [2.75, 3.05) is 6.54 Å². The van der Waals surface area contributed by atoms with Crippen LogP contribution in [0.1, 0.15) is 46.0 Å². The smallest absolute Gasteiger partial charge is 0.151 e. The molecule has 0 heterocycles. The van der Waals surface area contributed by atoms with Gasteiger partial charge in [-0.25, -0.2) is 0 Å². The van der Waals surface area contributed by atoms with Crippen LogP contribution >= 0.6 is 0 Å². The number of hydrogen-bond donors (Lipinski definition) is 2. The molecular weight excluding hydrogens is 190 g/mol. The molecule has 1 saturated carbocycles. The highest BCUT2D eigenvalue weighted by Gasteiger charge is 2.47. The van der Waals surface area contributed by atoms with Crippen LogP contribution in [0.3, 0.4) is 0 Å². The van der Waals surface area contributed by atoms with Gasteiger partial charge in [-0.3, -0.25) is 0 Å². The summed E-state index contributed by atoms with van der Waals surface area (Å²) < 4.78 is 0. The molecule has 0 spiro atoms. The first-order valence-electron chi connectivity index (χ1n) is 5.90. The quantitative estimate of drug-likeness (QED) is 0.695. The molecule has 88 valence electrons. The van der Waals surface area contributed by atoms with Gasteiger partial charge in [-0.05, 0) is 38.5 Å². The van der Waals surface area contributed by atoms with Gasteiger partial charge >= 0.3 is 0 Å². The highest BCUT2D eigenvalue weighted by Crippen LogP contribution is 2.45. The zero-order valence-corrected chi connectivity index (χ0v) is 9.83. The molecule has 0 bridgehead atoms. The van der Waals surface area contributed by atoms with Gasteiger partial charge in [0.2, 0.25) is 0 Å². The lowest BCUT2D eigenvalue weighted by Gasteiger charge is -2.46. The molecule has 1 aliphatic carbocycles. The first kappa shape index (κ1) is 12.7. The monoisotopic (exact) mass is 213 g/mol. The fourth-order valence-electron chi connectivity index (χ4n) is 2.68. The maximum Gasteiger partial charge on any atom is 0.151 e. The Hall–Kier alpha value is -0.410. The number of nitrogens with two attached hydrogens (primary N) is 1. The number of carbonyl (C=O) groups excluding carboxylic acids is 1. The van der Waals surface area contributed by atoms with E-state index in [-0.39, 0.29) is 5.41 Å². The Labute approximate surface area is 92.0 Å². The number of aldehydes is 1. The topological polar surface area (TPSA) is 63.3 Å². The summed E-state index contributed by atoms with van der Waals surface area (Å²) in [5.41, 5.74) is 4.12. The van der Waals surface area contributed by atoms with Crippen LogP contribution in [0, 0.1) is 11.3 Å². The molecule has 1 fully saturated rings. The SMILES string of the molecule is CCC1CCC(CN)(C(C)(O)C=O)CC1. The van der Waals surface area contributed by atoms with Crippen molar-refractivity contribution < 1.29 is 9.90 Å². The fraction of sp³-hybridized carbons (Fsp3) is 0.917. The maximum absolute atomic E-state index is 10.9. The van der Waals surface area contributed by atoms with E-state index in [4.69, 9.17) is 5.73 Å². The van der Waals surface area contributed by atoms with Gasteiger partial charge in [0.05, 0.1) is 0 Å². The number of hydrogen-bond acceptors (Lipinski definition) is 3. The summed E-state index contributed by atoms with van der Waals surface area (Å²) in [4.78, 5) is 10.9. The van der Waals surface area contributed by atoms with Crippen molar-refractivity contribution in [3.8, 4) is 0 Å². The van der Waals surface area contributed by atoms with Crippen molar-refractivity contribution >= 4 is 6.29 Å². The van der Waals surface area contributed by atoms with Crippen LogP contribution in [-0.2, 0) is 4.79 Å². The molecule has 0 amide bonds. The normalized spacial score (nSPS) is 35.9. The van der Waals surface area contributed by atoms with E-state index in [2.05, 4.69) is 6.92 Å². The lowest BCUT2D eigenvalue weighted by molar-refractivity contribution is -0.141. The summed E-state index contributed by atoms with van der Waals surface area (Å²) in [7, 11) is 0. The fourth-order valence-corrected chi connectivity index (χ4v) is 2.68. The predicted molar refractivity (Wildman–Crippen MR) is 60.4 cm³/mol. The van der Waals surface area contributed by atoms with E-state index in [0.29, 0.717) is 12.8 Å². The van der Waals surface area contributed by atoms with Gasteiger partial charge in [0, 0.05) is 12.0 Å². The molecule has 1 rings (SSSR count). The largest absolute Gasteiger partial charge is 0.382 e. The van der Waals surface area contributed by atoms with Crippen LogP contribution in [0.2, 0.25) is 0 Å². The molecule has 3 heteroatoms. The number of carbonyl (C=O) groups is 1. The van der Waals surface area contributed by atoms with Crippen molar-refractivity contribution in [1.82, 2.24) is 0 Å². The highest BCUT2D eigenvalue weighted by molar-refractivity contribution is 5.63. The first-order chi connectivity index (χ1) is 7.01. The van der Waals surface area contributed by atoms with Gasteiger partial charge in [0.25, 0.3) is 0 Å². The third kappa shape index (κ3) is 2.23. The van der Waals surface area contributed by atoms with Crippen molar-refractivity contribution in [1.29, 1.82) is 0 Å². The minimum Gasteiger partial charge on any atom is -0.382 e. The Morgan fingerprint density at radius 3 is 2.40 bits per heavy atom. The lowest BCUT2D eigenvalue weighted by Crippen LogP contribution is -2.53. The molecule has 3 N–H and O–H groups in total. The standard InChI is InChI=1S/C12H23NO2/c1-3-10-4-6-12(8-13,7-5-10)11(2,15)9-14/h9-10,15H,3-8,13H2,1-2H3. The molecule has 0 radical (unpaired) electrons. The minimum absolute atomic E-state index is 0.388. The van der Waals surface area contributed by atoms with Gasteiger partial charge in [-0.15, -0.1) is 0 Å². The van der Waals surface area contributed by atoms with E-state index < -0.39 is 5.60 Å². The zero-order valence-electron chi connectivity index (χ0n) is 9.83. The summed E-state index contributed by atoms with van der Waals surface area (Å²) in [5, 5.41) is 10.1. The first-order valence-corrected chi connectivity index (χ1v) is 5.90. The molecular formula is C12H23NO2. The Bertz CT molecular complexity index is 218. The molecule has 0 saturated heterocycles. The van der Waals surface area contributed by atoms with Gasteiger partial charge < -0.3 is 15.6 Å². The molecule has 0 aromatic heterocycles. The average molecular weight is 213 g/mol. The van der Waals surface area contributed by atoms with Gasteiger partial charge in [0.15, 0.2) is 6.29 Å². The Morgan fingerprint density at radius 2 is 2.07 bits per heavy atom. The van der Waals surface area contributed by atoms with E-state index in [1.54, 1.807) is 6.92 Å². The van der Waals surface area contributed by atoms with Crippen LogP contribution in [-0.4, -0.2) is 23.5 Å². The summed E-state index contributed by atoms with van der Waals surface area (Å²) in [5.74, 6) is 0.743. The van der Waals surface area contributed by atoms with Crippen molar-refractivity contribution in [2.24, 2.45) is 17.1 Å². The molecule has 0 aliphatic heterocycles. The van der Waals surface area contributed by atoms with Gasteiger partial charge in [-0.2, -0.15) is 0 Å². The maximum atomic E-state index is 10.9. The highest BCUT2D eigenvalue weighted by atomic mass is 16.3. The van der Waals surface area contributed by atoms with E-state index >= 15 is 0 Å². The van der Waals surface area contributed by atoms with Crippen LogP contribution in [0.4, 0.5) is 0 Å². The number of rotatable bonds is 4. The van der Waals surface area contributed by atoms with Gasteiger partial charge in [0.1, 0.15) is 5.60 Å². The second-order valence-corrected chi connectivity index (χ2v) is 5.10. The van der Waals surface area contributed by atoms with Gasteiger partial charge in [-0.1, -0.05) is 13.3 Å². The summed E-state index contributed by atoms with van der Waals surface area (Å²) in [6.45, 7) is 4.19. The molecule has 3 nitrogen and oxygen atoms in total. The minimum atomic E-state index is -1.26. The molecule has 1 aliphatic rings. The summed E-state index contributed by atoms with van der Waals surface area (Å²) in [6, 6.07) is 0. The second-order valence-electron chi connectivity index (χ2n) is 5.10. The predicted octanol–water partition coefficient (Wildman–Crippen LogP) is 1.48. The molecule has 1 atom stereocenters. The third-order valence-corrected chi connectivity index (χ3v) is 4.33. The molecule has 0 aromatic carbocycles. The van der Waals surface area contributed by atoms with E-state index in [1.165, 1.54) is 6.42 Å². The molecule has 1 unspecified atom stereocenters. The van der Waals surface area contributed by atoms with Crippen LogP contribution in [0.5, 0.6) is 0 Å². The Morgan fingerprint density at radius 1 is 1.53 bits per heavy atom.